The number of methoxy groups -OCH3 is 1. The van der Waals surface area contributed by atoms with E-state index in [9.17, 15) is 8.78 Å². The molecule has 0 fully saturated rings. The molecule has 0 spiro atoms. The Hall–Kier alpha value is -0.680. The van der Waals surface area contributed by atoms with Crippen LogP contribution in [-0.4, -0.2) is 19.3 Å². The third kappa shape index (κ3) is 4.24. The molecule has 0 aliphatic heterocycles. The van der Waals surface area contributed by atoms with Gasteiger partial charge in [0.1, 0.15) is 11.6 Å². The molecule has 0 saturated heterocycles. The van der Waals surface area contributed by atoms with Crippen molar-refractivity contribution in [1.29, 1.82) is 0 Å². The minimum absolute atomic E-state index is 0.123. The number of ether oxygens (including phenoxy) is 1. The summed E-state index contributed by atoms with van der Waals surface area (Å²) in [7, 11) is 1.62. The van der Waals surface area contributed by atoms with Gasteiger partial charge in [-0.3, -0.25) is 0 Å². The number of halogens is 3. The zero-order valence-electron chi connectivity index (χ0n) is 10.1. The van der Waals surface area contributed by atoms with Crippen molar-refractivity contribution in [2.45, 2.75) is 25.9 Å². The van der Waals surface area contributed by atoms with Crippen molar-refractivity contribution in [3.8, 4) is 0 Å². The maximum absolute atomic E-state index is 13.4. The molecule has 0 atom stereocenters. The van der Waals surface area contributed by atoms with E-state index >= 15 is 0 Å². The topological polar surface area (TPSA) is 21.3 Å². The summed E-state index contributed by atoms with van der Waals surface area (Å²) < 4.78 is 32.0. The lowest BCUT2D eigenvalue weighted by Crippen LogP contribution is -2.25. The first-order chi connectivity index (χ1) is 7.85. The van der Waals surface area contributed by atoms with Gasteiger partial charge in [0.25, 0.3) is 0 Å². The van der Waals surface area contributed by atoms with Crippen molar-refractivity contribution in [3.05, 3.63) is 28.2 Å². The van der Waals surface area contributed by atoms with E-state index in [1.165, 1.54) is 0 Å². The molecule has 0 aromatic heterocycles. The normalized spacial score (nSPS) is 11.6. The minimum atomic E-state index is -0.486. The molecule has 0 aliphatic rings. The molecule has 1 aromatic rings. The second kappa shape index (κ2) is 5.78. The summed E-state index contributed by atoms with van der Waals surface area (Å²) in [6.45, 7) is 4.39. The smallest absolute Gasteiger partial charge is 0.147 e. The SMILES string of the molecule is COC(C)(C)CCNc1cc(F)c(Br)cc1F. The third-order valence-corrected chi connectivity index (χ3v) is 3.21. The molecule has 1 aromatic carbocycles. The van der Waals surface area contributed by atoms with Gasteiger partial charge in [-0.2, -0.15) is 0 Å². The van der Waals surface area contributed by atoms with E-state index in [0.717, 1.165) is 12.1 Å². The van der Waals surface area contributed by atoms with Crippen LogP contribution in [-0.2, 0) is 4.74 Å². The van der Waals surface area contributed by atoms with Gasteiger partial charge < -0.3 is 10.1 Å². The molecule has 1 N–H and O–H groups in total. The highest BCUT2D eigenvalue weighted by Gasteiger charge is 2.16. The van der Waals surface area contributed by atoms with Crippen LogP contribution < -0.4 is 5.32 Å². The van der Waals surface area contributed by atoms with E-state index in [1.807, 2.05) is 13.8 Å². The van der Waals surface area contributed by atoms with E-state index in [0.29, 0.717) is 13.0 Å². The standard InChI is InChI=1S/C12H16BrF2NO/c1-12(2,17-3)4-5-16-11-7-9(14)8(13)6-10(11)15/h6-7,16H,4-5H2,1-3H3. The zero-order valence-corrected chi connectivity index (χ0v) is 11.7. The number of anilines is 1. The quantitative estimate of drug-likeness (QED) is 0.832. The maximum atomic E-state index is 13.4. The van der Waals surface area contributed by atoms with Crippen LogP contribution in [0.1, 0.15) is 20.3 Å². The second-order valence-corrected chi connectivity index (χ2v) is 5.24. The molecule has 0 heterocycles. The molecule has 17 heavy (non-hydrogen) atoms. The van der Waals surface area contributed by atoms with Gasteiger partial charge in [-0.25, -0.2) is 8.78 Å². The van der Waals surface area contributed by atoms with Gasteiger partial charge in [0.15, 0.2) is 0 Å². The van der Waals surface area contributed by atoms with Gasteiger partial charge >= 0.3 is 0 Å². The molecule has 1 rings (SSSR count). The van der Waals surface area contributed by atoms with Crippen molar-refractivity contribution in [2.24, 2.45) is 0 Å². The molecule has 0 unspecified atom stereocenters. The Morgan fingerprint density at radius 1 is 1.29 bits per heavy atom. The Morgan fingerprint density at radius 2 is 1.94 bits per heavy atom. The van der Waals surface area contributed by atoms with Crippen LogP contribution in [0.25, 0.3) is 0 Å². The van der Waals surface area contributed by atoms with E-state index in [2.05, 4.69) is 21.2 Å². The van der Waals surface area contributed by atoms with Crippen LogP contribution in [0.5, 0.6) is 0 Å². The average molecular weight is 308 g/mol. The van der Waals surface area contributed by atoms with Crippen molar-refractivity contribution >= 4 is 21.6 Å². The first-order valence-electron chi connectivity index (χ1n) is 5.29. The summed E-state index contributed by atoms with van der Waals surface area (Å²) in [6, 6.07) is 2.25. The molecule has 0 saturated carbocycles. The molecular weight excluding hydrogens is 292 g/mol. The Balaban J connectivity index is 2.61. The van der Waals surface area contributed by atoms with Crippen molar-refractivity contribution in [3.63, 3.8) is 0 Å². The summed E-state index contributed by atoms with van der Waals surface area (Å²) in [5, 5.41) is 2.86. The van der Waals surface area contributed by atoms with Crippen LogP contribution in [0.2, 0.25) is 0 Å². The van der Waals surface area contributed by atoms with E-state index < -0.39 is 11.6 Å². The summed E-state index contributed by atoms with van der Waals surface area (Å²) in [5.41, 5.74) is -0.116. The molecule has 0 bridgehead atoms. The lowest BCUT2D eigenvalue weighted by molar-refractivity contribution is 0.0185. The van der Waals surface area contributed by atoms with Crippen molar-refractivity contribution in [1.82, 2.24) is 0 Å². The zero-order chi connectivity index (χ0) is 13.1. The van der Waals surface area contributed by atoms with Gasteiger partial charge in [0, 0.05) is 19.7 Å². The monoisotopic (exact) mass is 307 g/mol. The predicted octanol–water partition coefficient (Wildman–Crippen LogP) is 3.95. The predicted molar refractivity (Wildman–Crippen MR) is 68.3 cm³/mol. The van der Waals surface area contributed by atoms with Crippen LogP contribution in [0, 0.1) is 11.6 Å². The Kier molecular flexibility index (Phi) is 4.89. The fourth-order valence-electron chi connectivity index (χ4n) is 1.26. The largest absolute Gasteiger partial charge is 0.382 e. The van der Waals surface area contributed by atoms with Crippen LogP contribution >= 0.6 is 15.9 Å². The first-order valence-corrected chi connectivity index (χ1v) is 6.08. The third-order valence-electron chi connectivity index (χ3n) is 2.61. The van der Waals surface area contributed by atoms with Gasteiger partial charge in [-0.05, 0) is 42.3 Å². The summed E-state index contributed by atoms with van der Waals surface area (Å²) in [5.74, 6) is -0.964. The van der Waals surface area contributed by atoms with Crippen molar-refractivity contribution in [2.75, 3.05) is 19.0 Å². The van der Waals surface area contributed by atoms with Crippen LogP contribution in [0.3, 0.4) is 0 Å². The van der Waals surface area contributed by atoms with E-state index in [4.69, 9.17) is 4.74 Å². The number of hydrogen-bond acceptors (Lipinski definition) is 2. The Bertz CT molecular complexity index is 396. The fraction of sp³-hybridized carbons (Fsp3) is 0.500. The summed E-state index contributed by atoms with van der Waals surface area (Å²) in [6.07, 6.45) is 0.695. The van der Waals surface area contributed by atoms with Crippen LogP contribution in [0.4, 0.5) is 14.5 Å². The fourth-order valence-corrected chi connectivity index (χ4v) is 1.57. The Morgan fingerprint density at radius 3 is 2.53 bits per heavy atom. The Labute approximate surface area is 108 Å². The van der Waals surface area contributed by atoms with Crippen LogP contribution in [0.15, 0.2) is 16.6 Å². The van der Waals surface area contributed by atoms with Gasteiger partial charge in [0.05, 0.1) is 15.8 Å². The number of nitrogens with one attached hydrogen (secondary N) is 1. The highest BCUT2D eigenvalue weighted by atomic mass is 79.9. The highest BCUT2D eigenvalue weighted by Crippen LogP contribution is 2.23. The number of hydrogen-bond donors (Lipinski definition) is 1. The summed E-state index contributed by atoms with van der Waals surface area (Å²) in [4.78, 5) is 0. The molecule has 0 radical (unpaired) electrons. The average Bonchev–Trinajstić information content (AvgIpc) is 2.25. The lowest BCUT2D eigenvalue weighted by atomic mass is 10.1. The minimum Gasteiger partial charge on any atom is -0.382 e. The molecule has 5 heteroatoms. The number of benzene rings is 1. The lowest BCUT2D eigenvalue weighted by Gasteiger charge is -2.23. The van der Waals surface area contributed by atoms with Crippen molar-refractivity contribution < 1.29 is 13.5 Å². The highest BCUT2D eigenvalue weighted by molar-refractivity contribution is 9.10. The molecule has 96 valence electrons. The first kappa shape index (κ1) is 14.4. The van der Waals surface area contributed by atoms with Gasteiger partial charge in [-0.15, -0.1) is 0 Å². The maximum Gasteiger partial charge on any atom is 0.147 e. The molecule has 2 nitrogen and oxygen atoms in total. The van der Waals surface area contributed by atoms with E-state index in [1.54, 1.807) is 7.11 Å². The molecular formula is C12H16BrF2NO. The van der Waals surface area contributed by atoms with Gasteiger partial charge in [-0.1, -0.05) is 0 Å². The van der Waals surface area contributed by atoms with Gasteiger partial charge in [0.2, 0.25) is 0 Å². The summed E-state index contributed by atoms with van der Waals surface area (Å²) >= 11 is 2.93. The second-order valence-electron chi connectivity index (χ2n) is 4.39. The molecule has 0 amide bonds. The van der Waals surface area contributed by atoms with E-state index in [-0.39, 0.29) is 15.8 Å². The number of rotatable bonds is 5. The molecule has 0 aliphatic carbocycles.